The number of hydrogen-bond acceptors (Lipinski definition) is 5. The molecule has 6 nitrogen and oxygen atoms in total. The smallest absolute Gasteiger partial charge is 0.273 e. The van der Waals surface area contributed by atoms with E-state index in [0.29, 0.717) is 23.4 Å². The standard InChI is InChI=1S/C23H33ClN4O2/c1-15(6-9-25-13-20-22(30)28-16(2)12-27-20)17(14-29)10-18-21-19(11-24)26-8-5-4-7-23(18,21)3/h4-5,8,12-13,15,17-18,25,27,29H,6-7,9-11,14H2,1-3H3,(H,28,30)/b5-4?,20-13-,21-19?,26-8?/t15?,17?,18?,23-/m1/s1. The van der Waals surface area contributed by atoms with Crippen molar-refractivity contribution in [2.24, 2.45) is 28.2 Å². The molecule has 1 amide bonds. The van der Waals surface area contributed by atoms with E-state index >= 15 is 0 Å². The van der Waals surface area contributed by atoms with Crippen molar-refractivity contribution >= 4 is 23.7 Å². The van der Waals surface area contributed by atoms with Gasteiger partial charge < -0.3 is 21.1 Å². The van der Waals surface area contributed by atoms with Gasteiger partial charge in [0.25, 0.3) is 5.91 Å². The molecule has 1 fully saturated rings. The molecule has 2 heterocycles. The number of allylic oxidation sites excluding steroid dienone is 5. The third kappa shape index (κ3) is 4.98. The van der Waals surface area contributed by atoms with Gasteiger partial charge in [-0.05, 0) is 55.6 Å². The molecule has 0 aromatic heterocycles. The van der Waals surface area contributed by atoms with Crippen molar-refractivity contribution < 1.29 is 9.90 Å². The van der Waals surface area contributed by atoms with Crippen molar-refractivity contribution in [2.45, 2.75) is 40.0 Å². The number of nitrogens with zero attached hydrogens (tertiary/aromatic N) is 1. The lowest BCUT2D eigenvalue weighted by atomic mass is 9.85. The van der Waals surface area contributed by atoms with E-state index in [1.807, 2.05) is 19.2 Å². The van der Waals surface area contributed by atoms with E-state index in [-0.39, 0.29) is 23.8 Å². The Morgan fingerprint density at radius 1 is 1.50 bits per heavy atom. The van der Waals surface area contributed by atoms with Crippen LogP contribution < -0.4 is 16.0 Å². The van der Waals surface area contributed by atoms with E-state index < -0.39 is 0 Å². The number of aliphatic imine (C=N–C) groups is 1. The summed E-state index contributed by atoms with van der Waals surface area (Å²) >= 11 is 6.16. The summed E-state index contributed by atoms with van der Waals surface area (Å²) in [6.45, 7) is 7.22. The quantitative estimate of drug-likeness (QED) is 0.256. The normalized spacial score (nSPS) is 28.7. The summed E-state index contributed by atoms with van der Waals surface area (Å²) in [7, 11) is 0. The highest BCUT2D eigenvalue weighted by atomic mass is 35.5. The van der Waals surface area contributed by atoms with Crippen LogP contribution in [-0.4, -0.2) is 36.3 Å². The molecule has 4 atom stereocenters. The fourth-order valence-electron chi connectivity index (χ4n) is 4.56. The topological polar surface area (TPSA) is 85.8 Å². The van der Waals surface area contributed by atoms with Gasteiger partial charge in [-0.15, -0.1) is 11.6 Å². The van der Waals surface area contributed by atoms with Gasteiger partial charge in [0.15, 0.2) is 0 Å². The molecule has 4 N–H and O–H groups in total. The predicted octanol–water partition coefficient (Wildman–Crippen LogP) is 3.18. The Balaban J connectivity index is 1.54. The van der Waals surface area contributed by atoms with Crippen LogP contribution in [-0.2, 0) is 4.79 Å². The summed E-state index contributed by atoms with van der Waals surface area (Å²) in [5, 5.41) is 19.0. The van der Waals surface area contributed by atoms with Crippen LogP contribution in [0.2, 0.25) is 0 Å². The zero-order chi connectivity index (χ0) is 21.7. The van der Waals surface area contributed by atoms with E-state index in [0.717, 1.165) is 37.2 Å². The summed E-state index contributed by atoms with van der Waals surface area (Å²) in [5.74, 6) is 1.28. The van der Waals surface area contributed by atoms with Crippen molar-refractivity contribution in [1.82, 2.24) is 16.0 Å². The van der Waals surface area contributed by atoms with E-state index in [4.69, 9.17) is 11.6 Å². The Kier molecular flexibility index (Phi) is 7.42. The van der Waals surface area contributed by atoms with Gasteiger partial charge in [-0.2, -0.15) is 0 Å². The van der Waals surface area contributed by atoms with Crippen LogP contribution in [0.3, 0.4) is 0 Å². The lowest BCUT2D eigenvalue weighted by Gasteiger charge is -2.23. The number of hydrogen-bond donors (Lipinski definition) is 4. The molecule has 0 aromatic carbocycles. The second kappa shape index (κ2) is 9.84. The third-order valence-corrected chi connectivity index (χ3v) is 6.90. The highest BCUT2D eigenvalue weighted by Crippen LogP contribution is 2.65. The Bertz CT molecular complexity index is 814. The van der Waals surface area contributed by atoms with Crippen molar-refractivity contribution in [3.05, 3.63) is 47.2 Å². The number of aliphatic hydroxyl groups excluding tert-OH is 1. The maximum atomic E-state index is 11.9. The van der Waals surface area contributed by atoms with Gasteiger partial charge >= 0.3 is 0 Å². The summed E-state index contributed by atoms with van der Waals surface area (Å²) in [6, 6.07) is 0. The lowest BCUT2D eigenvalue weighted by Crippen LogP contribution is -2.35. The van der Waals surface area contributed by atoms with E-state index in [1.165, 1.54) is 5.57 Å². The summed E-state index contributed by atoms with van der Waals surface area (Å²) < 4.78 is 0. The van der Waals surface area contributed by atoms with Crippen LogP contribution in [0.1, 0.15) is 40.0 Å². The van der Waals surface area contributed by atoms with Crippen LogP contribution >= 0.6 is 11.6 Å². The first-order valence-electron chi connectivity index (χ1n) is 10.7. The van der Waals surface area contributed by atoms with Crippen LogP contribution in [0.15, 0.2) is 52.2 Å². The van der Waals surface area contributed by atoms with Crippen molar-refractivity contribution in [2.75, 3.05) is 19.0 Å². The molecule has 3 rings (SSSR count). The first-order valence-corrected chi connectivity index (χ1v) is 11.2. The number of amides is 1. The summed E-state index contributed by atoms with van der Waals surface area (Å²) in [4.78, 5) is 16.4. The molecular formula is C23H33ClN4O2. The van der Waals surface area contributed by atoms with E-state index in [1.54, 1.807) is 12.4 Å². The summed E-state index contributed by atoms with van der Waals surface area (Å²) in [5.41, 5.74) is 3.77. The molecule has 3 unspecified atom stereocenters. The number of halogens is 1. The summed E-state index contributed by atoms with van der Waals surface area (Å²) in [6.07, 6.45) is 12.3. The molecule has 1 aliphatic carbocycles. The molecule has 3 aliphatic rings. The molecule has 164 valence electrons. The fraction of sp³-hybridized carbons (Fsp3) is 0.565. The van der Waals surface area contributed by atoms with Crippen LogP contribution in [0.4, 0.5) is 0 Å². The molecule has 0 aromatic rings. The molecular weight excluding hydrogens is 400 g/mol. The Labute approximate surface area is 184 Å². The van der Waals surface area contributed by atoms with E-state index in [9.17, 15) is 9.90 Å². The minimum absolute atomic E-state index is 0.111. The molecule has 0 bridgehead atoms. The lowest BCUT2D eigenvalue weighted by molar-refractivity contribution is -0.117. The molecule has 0 saturated heterocycles. The SMILES string of the molecule is CC1=CN/C(=C\NCCC(C)C(CO)CC2C3=C(CCl)N=CC=CC[C@@]32C)C(=O)N1. The molecule has 2 aliphatic heterocycles. The van der Waals surface area contributed by atoms with Crippen LogP contribution in [0.5, 0.6) is 0 Å². The van der Waals surface area contributed by atoms with Gasteiger partial charge in [0.2, 0.25) is 0 Å². The molecule has 0 radical (unpaired) electrons. The van der Waals surface area contributed by atoms with Crippen molar-refractivity contribution in [3.8, 4) is 0 Å². The Morgan fingerprint density at radius 3 is 3.00 bits per heavy atom. The Hall–Kier alpha value is -2.05. The average Bonchev–Trinajstić information content (AvgIpc) is 3.27. The number of carbonyl (C=O) groups is 1. The van der Waals surface area contributed by atoms with Crippen LogP contribution in [0, 0.1) is 23.2 Å². The zero-order valence-corrected chi connectivity index (χ0v) is 18.8. The van der Waals surface area contributed by atoms with Crippen LogP contribution in [0.25, 0.3) is 0 Å². The van der Waals surface area contributed by atoms with Gasteiger partial charge in [-0.25, -0.2) is 0 Å². The molecule has 7 heteroatoms. The minimum Gasteiger partial charge on any atom is -0.396 e. The van der Waals surface area contributed by atoms with E-state index in [2.05, 4.69) is 40.9 Å². The largest absolute Gasteiger partial charge is 0.396 e. The van der Waals surface area contributed by atoms with Gasteiger partial charge in [-0.1, -0.05) is 19.9 Å². The Morgan fingerprint density at radius 2 is 2.30 bits per heavy atom. The first-order chi connectivity index (χ1) is 14.4. The predicted molar refractivity (Wildman–Crippen MR) is 122 cm³/mol. The number of fused-ring (bicyclic) bond motifs is 1. The minimum atomic E-state index is -0.139. The van der Waals surface area contributed by atoms with Gasteiger partial charge in [0.1, 0.15) is 5.70 Å². The maximum Gasteiger partial charge on any atom is 0.273 e. The fourth-order valence-corrected chi connectivity index (χ4v) is 4.78. The molecule has 30 heavy (non-hydrogen) atoms. The van der Waals surface area contributed by atoms with Crippen molar-refractivity contribution in [1.29, 1.82) is 0 Å². The monoisotopic (exact) mass is 432 g/mol. The molecule has 1 saturated carbocycles. The number of nitrogens with one attached hydrogen (secondary N) is 3. The van der Waals surface area contributed by atoms with Gasteiger partial charge in [0.05, 0.1) is 11.6 Å². The number of rotatable bonds is 9. The highest BCUT2D eigenvalue weighted by Gasteiger charge is 2.57. The molecule has 0 spiro atoms. The second-order valence-electron chi connectivity index (χ2n) is 8.76. The first kappa shape index (κ1) is 22.6. The van der Waals surface area contributed by atoms with Crippen molar-refractivity contribution in [3.63, 3.8) is 0 Å². The highest BCUT2D eigenvalue weighted by molar-refractivity contribution is 6.19. The zero-order valence-electron chi connectivity index (χ0n) is 18.0. The maximum absolute atomic E-state index is 11.9. The van der Waals surface area contributed by atoms with Gasteiger partial charge in [0, 0.05) is 42.9 Å². The number of alkyl halides is 1. The third-order valence-electron chi connectivity index (χ3n) is 6.65. The number of aliphatic hydroxyl groups is 1. The number of carbonyl (C=O) groups excluding carboxylic acids is 1. The second-order valence-corrected chi connectivity index (χ2v) is 9.02. The van der Waals surface area contributed by atoms with Gasteiger partial charge in [-0.3, -0.25) is 9.79 Å². The average molecular weight is 433 g/mol.